The quantitative estimate of drug-likeness (QED) is 0.810. The van der Waals surface area contributed by atoms with Crippen LogP contribution in [0.1, 0.15) is 25.8 Å². The van der Waals surface area contributed by atoms with E-state index in [0.717, 1.165) is 5.56 Å². The lowest BCUT2D eigenvalue weighted by molar-refractivity contribution is -0.126. The van der Waals surface area contributed by atoms with E-state index in [1.165, 1.54) is 12.1 Å². The number of ether oxygens (including phenoxy) is 1. The molecule has 7 heteroatoms. The zero-order valence-corrected chi connectivity index (χ0v) is 12.7. The van der Waals surface area contributed by atoms with Crippen molar-refractivity contribution in [2.75, 3.05) is 7.11 Å². The van der Waals surface area contributed by atoms with Crippen molar-refractivity contribution in [3.05, 3.63) is 29.8 Å². The summed E-state index contributed by atoms with van der Waals surface area (Å²) in [6, 6.07) is 6.05. The molecule has 0 saturated carbocycles. The Bertz CT molecular complexity index is 565. The summed E-state index contributed by atoms with van der Waals surface area (Å²) in [6.07, 6.45) is 0.249. The molecule has 0 bridgehead atoms. The number of rotatable bonds is 6. The summed E-state index contributed by atoms with van der Waals surface area (Å²) < 4.78 is 27.4. The molecule has 3 N–H and O–H groups in total. The largest absolute Gasteiger partial charge is 0.378 e. The van der Waals surface area contributed by atoms with Gasteiger partial charge in [-0.2, -0.15) is 0 Å². The van der Waals surface area contributed by atoms with Gasteiger partial charge in [0.2, 0.25) is 15.9 Å². The van der Waals surface area contributed by atoms with Crippen molar-refractivity contribution in [1.82, 2.24) is 5.32 Å². The maximum atomic E-state index is 11.7. The number of nitrogens with two attached hydrogens (primary N) is 1. The lowest BCUT2D eigenvalue weighted by atomic mass is 10.0. The van der Waals surface area contributed by atoms with Crippen LogP contribution in [0.4, 0.5) is 0 Å². The normalized spacial score (nSPS) is 12.2. The minimum atomic E-state index is -3.68. The van der Waals surface area contributed by atoms with Gasteiger partial charge in [0, 0.05) is 13.7 Å². The minimum absolute atomic E-state index is 0.0492. The van der Waals surface area contributed by atoms with E-state index >= 15 is 0 Å². The second-order valence-corrected chi connectivity index (χ2v) is 6.67. The van der Waals surface area contributed by atoms with Crippen molar-refractivity contribution in [2.45, 2.75) is 37.3 Å². The summed E-state index contributed by atoms with van der Waals surface area (Å²) in [5.41, 5.74) is 0.280. The zero-order chi connectivity index (χ0) is 15.4. The maximum absolute atomic E-state index is 11.7. The zero-order valence-electron chi connectivity index (χ0n) is 11.8. The molecular formula is C13H20N2O4S. The summed E-state index contributed by atoms with van der Waals surface area (Å²) in [7, 11) is -2.13. The number of sulfonamides is 1. The van der Waals surface area contributed by atoms with E-state index in [-0.39, 0.29) is 17.2 Å². The highest BCUT2D eigenvalue weighted by molar-refractivity contribution is 7.89. The van der Waals surface area contributed by atoms with Crippen molar-refractivity contribution < 1.29 is 17.9 Å². The molecule has 0 radical (unpaired) electrons. The number of methoxy groups -OCH3 is 1. The Balaban J connectivity index is 2.57. The lowest BCUT2D eigenvalue weighted by Crippen LogP contribution is -2.33. The van der Waals surface area contributed by atoms with Gasteiger partial charge in [0.05, 0.1) is 16.9 Å². The minimum Gasteiger partial charge on any atom is -0.378 e. The molecule has 1 amide bonds. The smallest absolute Gasteiger partial charge is 0.238 e. The van der Waals surface area contributed by atoms with Crippen molar-refractivity contribution >= 4 is 15.9 Å². The summed E-state index contributed by atoms with van der Waals surface area (Å²) in [5, 5.41) is 7.75. The molecule has 1 rings (SSSR count). The highest BCUT2D eigenvalue weighted by Gasteiger charge is 2.20. The Morgan fingerprint density at radius 2 is 1.85 bits per heavy atom. The molecule has 0 aromatic heterocycles. The third kappa shape index (κ3) is 5.28. The molecule has 20 heavy (non-hydrogen) atoms. The molecule has 0 spiro atoms. The molecule has 0 aliphatic rings. The Labute approximate surface area is 119 Å². The van der Waals surface area contributed by atoms with Gasteiger partial charge in [0.15, 0.2) is 0 Å². The van der Waals surface area contributed by atoms with Gasteiger partial charge in [-0.05, 0) is 31.5 Å². The molecule has 0 aliphatic carbocycles. The molecule has 0 fully saturated rings. The maximum Gasteiger partial charge on any atom is 0.238 e. The van der Waals surface area contributed by atoms with E-state index in [2.05, 4.69) is 5.32 Å². The molecular weight excluding hydrogens is 280 g/mol. The van der Waals surface area contributed by atoms with Crippen molar-refractivity contribution in [3.63, 3.8) is 0 Å². The molecule has 6 nitrogen and oxygen atoms in total. The SMILES string of the molecule is COC(C)(C)CC(=O)NCc1ccc(S(N)(=O)=O)cc1. The molecule has 0 heterocycles. The Hall–Kier alpha value is -1.44. The van der Waals surface area contributed by atoms with Crippen LogP contribution in [0.3, 0.4) is 0 Å². The van der Waals surface area contributed by atoms with Crippen LogP contribution in [0.2, 0.25) is 0 Å². The fourth-order valence-electron chi connectivity index (χ4n) is 1.52. The van der Waals surface area contributed by atoms with Gasteiger partial charge in [-0.1, -0.05) is 12.1 Å². The van der Waals surface area contributed by atoms with Gasteiger partial charge in [-0.3, -0.25) is 4.79 Å². The highest BCUT2D eigenvalue weighted by Crippen LogP contribution is 2.13. The molecule has 0 saturated heterocycles. The third-order valence-electron chi connectivity index (χ3n) is 2.88. The summed E-state index contributed by atoms with van der Waals surface area (Å²) in [5.74, 6) is -0.132. The summed E-state index contributed by atoms with van der Waals surface area (Å²) in [6.45, 7) is 3.98. The van der Waals surface area contributed by atoms with Crippen LogP contribution in [0.25, 0.3) is 0 Å². The molecule has 0 unspecified atom stereocenters. The molecule has 0 aliphatic heterocycles. The summed E-state index contributed by atoms with van der Waals surface area (Å²) in [4.78, 5) is 11.8. The predicted molar refractivity (Wildman–Crippen MR) is 75.4 cm³/mol. The van der Waals surface area contributed by atoms with Gasteiger partial charge in [0.1, 0.15) is 0 Å². The molecule has 0 atom stereocenters. The second-order valence-electron chi connectivity index (χ2n) is 5.11. The van der Waals surface area contributed by atoms with E-state index in [4.69, 9.17) is 9.88 Å². The standard InChI is InChI=1S/C13H20N2O4S/c1-13(2,19-3)8-12(16)15-9-10-4-6-11(7-5-10)20(14,17)18/h4-7H,8-9H2,1-3H3,(H,15,16)(H2,14,17,18). The monoisotopic (exact) mass is 300 g/mol. The van der Waals surface area contributed by atoms with Gasteiger partial charge >= 0.3 is 0 Å². The Morgan fingerprint density at radius 3 is 2.30 bits per heavy atom. The van der Waals surface area contributed by atoms with E-state index in [1.54, 1.807) is 19.2 Å². The highest BCUT2D eigenvalue weighted by atomic mass is 32.2. The van der Waals surface area contributed by atoms with Crippen LogP contribution < -0.4 is 10.5 Å². The first kappa shape index (κ1) is 16.6. The number of carbonyl (C=O) groups excluding carboxylic acids is 1. The number of primary sulfonamides is 1. The first-order chi connectivity index (χ1) is 9.14. The second kappa shape index (κ2) is 6.34. The van der Waals surface area contributed by atoms with E-state index < -0.39 is 15.6 Å². The number of benzene rings is 1. The topological polar surface area (TPSA) is 98.5 Å². The average Bonchev–Trinajstić information content (AvgIpc) is 2.35. The first-order valence-electron chi connectivity index (χ1n) is 6.08. The van der Waals surface area contributed by atoms with E-state index in [9.17, 15) is 13.2 Å². The number of carbonyl (C=O) groups is 1. The van der Waals surface area contributed by atoms with E-state index in [0.29, 0.717) is 6.54 Å². The Kier molecular flexibility index (Phi) is 5.27. The van der Waals surface area contributed by atoms with Crippen molar-refractivity contribution in [1.29, 1.82) is 0 Å². The number of hydrogen-bond donors (Lipinski definition) is 2. The molecule has 1 aromatic rings. The predicted octanol–water partition coefficient (Wildman–Crippen LogP) is 0.765. The fourth-order valence-corrected chi connectivity index (χ4v) is 2.03. The van der Waals surface area contributed by atoms with Crippen LogP contribution in [0.5, 0.6) is 0 Å². The van der Waals surface area contributed by atoms with Crippen molar-refractivity contribution in [3.8, 4) is 0 Å². The van der Waals surface area contributed by atoms with Crippen LogP contribution in [-0.2, 0) is 26.1 Å². The number of amides is 1. The number of nitrogens with one attached hydrogen (secondary N) is 1. The molecule has 112 valence electrons. The number of hydrogen-bond acceptors (Lipinski definition) is 4. The van der Waals surface area contributed by atoms with Crippen LogP contribution >= 0.6 is 0 Å². The fraction of sp³-hybridized carbons (Fsp3) is 0.462. The van der Waals surface area contributed by atoms with Crippen LogP contribution in [-0.4, -0.2) is 27.0 Å². The van der Waals surface area contributed by atoms with Crippen molar-refractivity contribution in [2.24, 2.45) is 5.14 Å². The third-order valence-corrected chi connectivity index (χ3v) is 3.81. The Morgan fingerprint density at radius 1 is 1.30 bits per heavy atom. The molecule has 1 aromatic carbocycles. The van der Waals surface area contributed by atoms with E-state index in [1.807, 2.05) is 13.8 Å². The van der Waals surface area contributed by atoms with Crippen LogP contribution in [0, 0.1) is 0 Å². The summed E-state index contributed by atoms with van der Waals surface area (Å²) >= 11 is 0. The first-order valence-corrected chi connectivity index (χ1v) is 7.62. The van der Waals surface area contributed by atoms with Crippen LogP contribution in [0.15, 0.2) is 29.2 Å². The van der Waals surface area contributed by atoms with Gasteiger partial charge in [0.25, 0.3) is 0 Å². The lowest BCUT2D eigenvalue weighted by Gasteiger charge is -2.21. The van der Waals surface area contributed by atoms with Gasteiger partial charge in [-0.15, -0.1) is 0 Å². The van der Waals surface area contributed by atoms with Gasteiger partial charge in [-0.25, -0.2) is 13.6 Å². The van der Waals surface area contributed by atoms with Gasteiger partial charge < -0.3 is 10.1 Å². The average molecular weight is 300 g/mol.